The second-order valence-corrected chi connectivity index (χ2v) is 14.4. The van der Waals surface area contributed by atoms with E-state index in [4.69, 9.17) is 4.65 Å². The number of halogens is 11. The Balaban J connectivity index is 1.77. The van der Waals surface area contributed by atoms with Crippen LogP contribution in [0.4, 0.5) is 43.9 Å². The third kappa shape index (κ3) is 6.36. The van der Waals surface area contributed by atoms with Gasteiger partial charge in [-0.15, -0.1) is 0 Å². The van der Waals surface area contributed by atoms with Crippen LogP contribution in [0.15, 0.2) is 89.4 Å². The zero-order valence-corrected chi connectivity index (χ0v) is 28.3. The molecule has 0 aromatic heterocycles. The molecule has 0 N–H and O–H groups in total. The fourth-order valence-corrected chi connectivity index (χ4v) is 9.42. The molecule has 49 heavy (non-hydrogen) atoms. The molecule has 0 fully saturated rings. The Bertz CT molecular complexity index is 1970. The van der Waals surface area contributed by atoms with E-state index in [2.05, 4.69) is 15.9 Å². The fourth-order valence-electron chi connectivity index (χ4n) is 5.30. The van der Waals surface area contributed by atoms with Crippen molar-refractivity contribution in [2.45, 2.75) is 6.61 Å². The van der Waals surface area contributed by atoms with Crippen LogP contribution in [0.5, 0.6) is 0 Å². The van der Waals surface area contributed by atoms with Gasteiger partial charge in [0.15, 0.2) is 0 Å². The molecule has 248 valence electrons. The zero-order valence-electron chi connectivity index (χ0n) is 24.3. The Labute approximate surface area is 291 Å². The number of rotatable bonds is 7. The van der Waals surface area contributed by atoms with E-state index >= 15 is 17.6 Å². The summed E-state index contributed by atoms with van der Waals surface area (Å²) in [6.07, 6.45) is 0. The van der Waals surface area contributed by atoms with Gasteiger partial charge in [0.2, 0.25) is 0 Å². The SMILES string of the molecule is Fc1c(F)c(F)c(C2=C(c3ccccc3)[Te]C(c3ccccc3)=C(c3c(F)c(F)c(F)c(F)c3F)B2OCc2ccc(Br)cc2)c(F)c1F. The third-order valence-corrected chi connectivity index (χ3v) is 11.9. The van der Waals surface area contributed by atoms with Crippen molar-refractivity contribution in [2.75, 3.05) is 0 Å². The molecule has 6 rings (SSSR count). The van der Waals surface area contributed by atoms with Gasteiger partial charge in [0.05, 0.1) is 0 Å². The van der Waals surface area contributed by atoms with Crippen molar-refractivity contribution in [3.8, 4) is 0 Å². The fraction of sp³-hybridized carbons (Fsp3) is 0.0286. The van der Waals surface area contributed by atoms with Gasteiger partial charge in [-0.2, -0.15) is 0 Å². The van der Waals surface area contributed by atoms with Gasteiger partial charge in [0, 0.05) is 0 Å². The molecular formula is C35H16BBrF10OTe. The van der Waals surface area contributed by atoms with E-state index in [1.807, 2.05) is 0 Å². The maximum atomic E-state index is 15.8. The van der Waals surface area contributed by atoms with Crippen LogP contribution in [0, 0.1) is 58.2 Å². The van der Waals surface area contributed by atoms with Gasteiger partial charge in [-0.25, -0.2) is 0 Å². The summed E-state index contributed by atoms with van der Waals surface area (Å²) in [4.78, 5) is 0. The molecule has 0 saturated carbocycles. The van der Waals surface area contributed by atoms with E-state index in [-0.39, 0.29) is 18.4 Å². The number of benzene rings is 5. The van der Waals surface area contributed by atoms with Gasteiger partial charge in [0.1, 0.15) is 0 Å². The van der Waals surface area contributed by atoms with Crippen molar-refractivity contribution in [2.24, 2.45) is 0 Å². The monoisotopic (exact) mass is 862 g/mol. The van der Waals surface area contributed by atoms with Crippen LogP contribution in [0.3, 0.4) is 0 Å². The summed E-state index contributed by atoms with van der Waals surface area (Å²) in [6.45, 7) is -2.64. The van der Waals surface area contributed by atoms with Crippen LogP contribution in [-0.2, 0) is 11.3 Å². The van der Waals surface area contributed by atoms with Crippen molar-refractivity contribution in [1.82, 2.24) is 0 Å². The average molecular weight is 861 g/mol. The van der Waals surface area contributed by atoms with E-state index in [1.54, 1.807) is 36.4 Å². The molecule has 1 aliphatic rings. The van der Waals surface area contributed by atoms with Gasteiger partial charge in [-0.1, -0.05) is 0 Å². The molecule has 5 aromatic rings. The standard InChI is InChI=1S/C35H16BBrF10OTe/c37-19-13-11-16(12-14-19)15-48-36-22(20-24(38)28(42)32(46)29(43)25(20)39)34(17-7-3-1-4-8-17)49-35(18-9-5-2-6-10-18)23(36)21-26(40)30(44)33(47)31(45)27(21)41/h1-14H,15H2. The molecule has 0 aliphatic carbocycles. The summed E-state index contributed by atoms with van der Waals surface area (Å²) in [5.74, 6) is -23.2. The van der Waals surface area contributed by atoms with E-state index in [9.17, 15) is 26.3 Å². The molecule has 0 unspecified atom stereocenters. The summed E-state index contributed by atoms with van der Waals surface area (Å²) >= 11 is 1.02. The Kier molecular flexibility index (Phi) is 10.1. The zero-order chi connectivity index (χ0) is 35.1. The summed E-state index contributed by atoms with van der Waals surface area (Å²) in [7, 11) is 0. The number of hydrogen-bond acceptors (Lipinski definition) is 1. The van der Waals surface area contributed by atoms with Gasteiger partial charge in [-0.05, 0) is 0 Å². The van der Waals surface area contributed by atoms with Gasteiger partial charge in [-0.3, -0.25) is 0 Å². The predicted octanol–water partition coefficient (Wildman–Crippen LogP) is 10.3. The molecule has 0 saturated heterocycles. The van der Waals surface area contributed by atoms with Crippen LogP contribution in [0.2, 0.25) is 0 Å². The first-order valence-electron chi connectivity index (χ1n) is 14.1. The van der Waals surface area contributed by atoms with Crippen LogP contribution in [0.1, 0.15) is 27.8 Å². The average Bonchev–Trinajstić information content (AvgIpc) is 3.12. The topological polar surface area (TPSA) is 9.23 Å². The molecule has 1 aliphatic heterocycles. The summed E-state index contributed by atoms with van der Waals surface area (Å²) < 4.78 is 158. The van der Waals surface area contributed by atoms with E-state index in [1.165, 1.54) is 48.5 Å². The van der Waals surface area contributed by atoms with Crippen molar-refractivity contribution < 1.29 is 48.6 Å². The van der Waals surface area contributed by atoms with Crippen LogP contribution < -0.4 is 0 Å². The van der Waals surface area contributed by atoms with Gasteiger partial charge < -0.3 is 0 Å². The normalized spacial score (nSPS) is 13.5. The molecule has 0 atom stereocenters. The molecule has 14 heteroatoms. The van der Waals surface area contributed by atoms with Crippen molar-refractivity contribution in [1.29, 1.82) is 0 Å². The van der Waals surface area contributed by atoms with Crippen LogP contribution >= 0.6 is 15.9 Å². The minimum absolute atomic E-state index is 0.0292. The molecule has 1 nitrogen and oxygen atoms in total. The van der Waals surface area contributed by atoms with Gasteiger partial charge in [0.25, 0.3) is 0 Å². The molecule has 1 heterocycles. The first-order chi connectivity index (χ1) is 23.4. The quantitative estimate of drug-likeness (QED) is 0.0686. The van der Waals surface area contributed by atoms with E-state index < -0.39 is 115 Å². The number of hydrogen-bond donors (Lipinski definition) is 0. The van der Waals surface area contributed by atoms with Gasteiger partial charge >= 0.3 is 293 Å². The molecule has 0 amide bonds. The van der Waals surface area contributed by atoms with Crippen LogP contribution in [-0.4, -0.2) is 27.8 Å². The Morgan fingerprint density at radius 3 is 1.18 bits per heavy atom. The van der Waals surface area contributed by atoms with Crippen molar-refractivity contribution >= 4 is 62.0 Å². The molecule has 0 bridgehead atoms. The second kappa shape index (κ2) is 14.2. The minimum atomic E-state index is -2.46. The molecule has 0 radical (unpaired) electrons. The first-order valence-corrected chi connectivity index (χ1v) is 17.2. The molecule has 5 aromatic carbocycles. The molecular weight excluding hydrogens is 845 g/mol. The summed E-state index contributed by atoms with van der Waals surface area (Å²) in [5, 5.41) is 0. The molecule has 0 spiro atoms. The Morgan fingerprint density at radius 1 is 0.469 bits per heavy atom. The summed E-state index contributed by atoms with van der Waals surface area (Å²) in [6, 6.07) is 21.6. The summed E-state index contributed by atoms with van der Waals surface area (Å²) in [5.41, 5.74) is -3.49. The first kappa shape index (κ1) is 35.0. The predicted molar refractivity (Wildman–Crippen MR) is 169 cm³/mol. The Morgan fingerprint density at radius 2 is 0.816 bits per heavy atom. The Hall–Kier alpha value is -3.83. The van der Waals surface area contributed by atoms with Crippen molar-refractivity contribution in [3.05, 3.63) is 175 Å². The maximum absolute atomic E-state index is 15.8. The van der Waals surface area contributed by atoms with E-state index in [0.29, 0.717) is 10.0 Å². The third-order valence-electron chi connectivity index (χ3n) is 7.58. The second-order valence-electron chi connectivity index (χ2n) is 10.5. The van der Waals surface area contributed by atoms with E-state index in [0.717, 1.165) is 0 Å². The van der Waals surface area contributed by atoms with Crippen LogP contribution in [0.25, 0.3) is 18.2 Å². The van der Waals surface area contributed by atoms with Crippen molar-refractivity contribution in [3.63, 3.8) is 0 Å².